The van der Waals surface area contributed by atoms with E-state index in [1.807, 2.05) is 57.2 Å². The molecule has 0 saturated heterocycles. The second kappa shape index (κ2) is 7.49. The third-order valence-electron chi connectivity index (χ3n) is 2.52. The molecule has 0 aliphatic rings. The van der Waals surface area contributed by atoms with E-state index in [1.165, 1.54) is 5.56 Å². The number of hydrogen-bond acceptors (Lipinski definition) is 2. The van der Waals surface area contributed by atoms with Crippen molar-refractivity contribution >= 4 is 0 Å². The highest BCUT2D eigenvalue weighted by molar-refractivity contribution is 5.30. The summed E-state index contributed by atoms with van der Waals surface area (Å²) in [6.45, 7) is 8.14. The van der Waals surface area contributed by atoms with Gasteiger partial charge in [0, 0.05) is 11.8 Å². The van der Waals surface area contributed by atoms with Crippen LogP contribution in [-0.2, 0) is 6.42 Å². The third kappa shape index (κ3) is 3.88. The Morgan fingerprint density at radius 1 is 1.00 bits per heavy atom. The SMILES string of the molecule is CC.CCc1ccc(Oc2ccccc2)nc1C. The molecule has 0 amide bonds. The van der Waals surface area contributed by atoms with E-state index in [0.717, 1.165) is 17.9 Å². The van der Waals surface area contributed by atoms with Gasteiger partial charge in [-0.05, 0) is 31.0 Å². The maximum atomic E-state index is 5.65. The molecule has 2 nitrogen and oxygen atoms in total. The van der Waals surface area contributed by atoms with E-state index in [9.17, 15) is 0 Å². The first-order chi connectivity index (χ1) is 8.79. The Labute approximate surface area is 110 Å². The lowest BCUT2D eigenvalue weighted by atomic mass is 10.1. The molecule has 0 saturated carbocycles. The van der Waals surface area contributed by atoms with E-state index in [-0.39, 0.29) is 0 Å². The number of ether oxygens (including phenoxy) is 1. The molecule has 2 aromatic rings. The average molecular weight is 243 g/mol. The normalized spacial score (nSPS) is 9.33. The van der Waals surface area contributed by atoms with Crippen LogP contribution in [0.2, 0.25) is 0 Å². The molecule has 0 radical (unpaired) electrons. The van der Waals surface area contributed by atoms with Gasteiger partial charge in [-0.15, -0.1) is 0 Å². The molecule has 0 aliphatic carbocycles. The molecule has 0 bridgehead atoms. The molecule has 0 N–H and O–H groups in total. The first-order valence-corrected chi connectivity index (χ1v) is 6.49. The molecule has 18 heavy (non-hydrogen) atoms. The maximum Gasteiger partial charge on any atom is 0.219 e. The van der Waals surface area contributed by atoms with Crippen molar-refractivity contribution in [3.05, 3.63) is 53.7 Å². The van der Waals surface area contributed by atoms with Crippen molar-refractivity contribution in [2.24, 2.45) is 0 Å². The van der Waals surface area contributed by atoms with Gasteiger partial charge in [-0.1, -0.05) is 45.0 Å². The number of aromatic nitrogens is 1. The zero-order chi connectivity index (χ0) is 13.4. The van der Waals surface area contributed by atoms with Crippen molar-refractivity contribution in [2.45, 2.75) is 34.1 Å². The van der Waals surface area contributed by atoms with E-state index in [1.54, 1.807) is 0 Å². The van der Waals surface area contributed by atoms with E-state index in [4.69, 9.17) is 4.74 Å². The minimum Gasteiger partial charge on any atom is -0.439 e. The summed E-state index contributed by atoms with van der Waals surface area (Å²) in [6, 6.07) is 13.7. The van der Waals surface area contributed by atoms with Crippen LogP contribution in [0.4, 0.5) is 0 Å². The molecule has 1 aromatic heterocycles. The van der Waals surface area contributed by atoms with E-state index >= 15 is 0 Å². The Morgan fingerprint density at radius 3 is 2.22 bits per heavy atom. The second-order valence-corrected chi connectivity index (χ2v) is 3.66. The lowest BCUT2D eigenvalue weighted by Gasteiger charge is -2.07. The first kappa shape index (κ1) is 14.2. The lowest BCUT2D eigenvalue weighted by molar-refractivity contribution is 0.461. The molecule has 0 atom stereocenters. The average Bonchev–Trinajstić information content (AvgIpc) is 2.42. The van der Waals surface area contributed by atoms with Crippen LogP contribution in [0.25, 0.3) is 0 Å². The largest absolute Gasteiger partial charge is 0.439 e. The summed E-state index contributed by atoms with van der Waals surface area (Å²) < 4.78 is 5.65. The van der Waals surface area contributed by atoms with Crippen LogP contribution in [0.1, 0.15) is 32.0 Å². The van der Waals surface area contributed by atoms with Crippen molar-refractivity contribution in [1.82, 2.24) is 4.98 Å². The topological polar surface area (TPSA) is 22.1 Å². The molecule has 2 heteroatoms. The summed E-state index contributed by atoms with van der Waals surface area (Å²) >= 11 is 0. The van der Waals surface area contributed by atoms with E-state index in [2.05, 4.69) is 18.0 Å². The number of aryl methyl sites for hydroxylation is 2. The van der Waals surface area contributed by atoms with Gasteiger partial charge in [0.05, 0.1) is 0 Å². The molecular formula is C16H21NO. The molecule has 0 fully saturated rings. The van der Waals surface area contributed by atoms with Crippen LogP contribution in [-0.4, -0.2) is 4.98 Å². The van der Waals surface area contributed by atoms with Gasteiger partial charge in [-0.2, -0.15) is 0 Å². The standard InChI is InChI=1S/C14H15NO.C2H6/c1-3-12-9-10-14(15-11(12)2)16-13-7-5-4-6-8-13;1-2/h4-10H,3H2,1-2H3;1-2H3. The number of rotatable bonds is 3. The molecule has 0 spiro atoms. The monoisotopic (exact) mass is 243 g/mol. The van der Waals surface area contributed by atoms with Crippen LogP contribution in [0.15, 0.2) is 42.5 Å². The molecule has 1 aromatic carbocycles. The molecule has 1 heterocycles. The molecule has 0 aliphatic heterocycles. The van der Waals surface area contributed by atoms with Crippen molar-refractivity contribution in [3.63, 3.8) is 0 Å². The summed E-state index contributed by atoms with van der Waals surface area (Å²) in [5, 5.41) is 0. The third-order valence-corrected chi connectivity index (χ3v) is 2.52. The minimum atomic E-state index is 0.654. The van der Waals surface area contributed by atoms with Crippen molar-refractivity contribution in [3.8, 4) is 11.6 Å². The van der Waals surface area contributed by atoms with Crippen molar-refractivity contribution in [1.29, 1.82) is 0 Å². The second-order valence-electron chi connectivity index (χ2n) is 3.66. The fourth-order valence-electron chi connectivity index (χ4n) is 1.61. The summed E-state index contributed by atoms with van der Waals surface area (Å²) in [7, 11) is 0. The summed E-state index contributed by atoms with van der Waals surface area (Å²) in [5.74, 6) is 1.47. The fraction of sp³-hybridized carbons (Fsp3) is 0.312. The number of nitrogens with zero attached hydrogens (tertiary/aromatic N) is 1. The predicted octanol–water partition coefficient (Wildman–Crippen LogP) is 4.77. The number of hydrogen-bond donors (Lipinski definition) is 0. The number of para-hydroxylation sites is 1. The summed E-state index contributed by atoms with van der Waals surface area (Å²) in [5.41, 5.74) is 2.30. The van der Waals surface area contributed by atoms with Gasteiger partial charge in [-0.3, -0.25) is 0 Å². The minimum absolute atomic E-state index is 0.654. The zero-order valence-electron chi connectivity index (χ0n) is 11.6. The Balaban J connectivity index is 0.000000771. The van der Waals surface area contributed by atoms with Gasteiger partial charge in [0.2, 0.25) is 5.88 Å². The van der Waals surface area contributed by atoms with Gasteiger partial charge in [0.15, 0.2) is 0 Å². The van der Waals surface area contributed by atoms with Gasteiger partial charge in [0.1, 0.15) is 5.75 Å². The zero-order valence-corrected chi connectivity index (χ0v) is 11.6. The number of benzene rings is 1. The van der Waals surface area contributed by atoms with Crippen LogP contribution in [0.5, 0.6) is 11.6 Å². The highest BCUT2D eigenvalue weighted by Gasteiger charge is 2.01. The predicted molar refractivity (Wildman–Crippen MR) is 76.2 cm³/mol. The van der Waals surface area contributed by atoms with Crippen LogP contribution in [0, 0.1) is 6.92 Å². The molecular weight excluding hydrogens is 222 g/mol. The number of pyridine rings is 1. The summed E-state index contributed by atoms with van der Waals surface area (Å²) in [6.07, 6.45) is 1.00. The van der Waals surface area contributed by atoms with E-state index in [0.29, 0.717) is 5.88 Å². The van der Waals surface area contributed by atoms with Crippen LogP contribution in [0.3, 0.4) is 0 Å². The lowest BCUT2D eigenvalue weighted by Crippen LogP contribution is -1.94. The van der Waals surface area contributed by atoms with Crippen LogP contribution < -0.4 is 4.74 Å². The Morgan fingerprint density at radius 2 is 1.67 bits per heavy atom. The smallest absolute Gasteiger partial charge is 0.219 e. The quantitative estimate of drug-likeness (QED) is 0.774. The highest BCUT2D eigenvalue weighted by Crippen LogP contribution is 2.20. The fourth-order valence-corrected chi connectivity index (χ4v) is 1.61. The van der Waals surface area contributed by atoms with E-state index < -0.39 is 0 Å². The van der Waals surface area contributed by atoms with Gasteiger partial charge >= 0.3 is 0 Å². The van der Waals surface area contributed by atoms with Crippen molar-refractivity contribution < 1.29 is 4.74 Å². The van der Waals surface area contributed by atoms with Crippen LogP contribution >= 0.6 is 0 Å². The molecule has 2 rings (SSSR count). The molecule has 0 unspecified atom stereocenters. The summed E-state index contributed by atoms with van der Waals surface area (Å²) in [4.78, 5) is 4.42. The maximum absolute atomic E-state index is 5.65. The Hall–Kier alpha value is -1.83. The first-order valence-electron chi connectivity index (χ1n) is 6.49. The Bertz CT molecular complexity index is 466. The Kier molecular flexibility index (Phi) is 5.92. The highest BCUT2D eigenvalue weighted by atomic mass is 16.5. The van der Waals surface area contributed by atoms with Gasteiger partial charge < -0.3 is 4.74 Å². The van der Waals surface area contributed by atoms with Gasteiger partial charge in [-0.25, -0.2) is 4.98 Å². The van der Waals surface area contributed by atoms with Gasteiger partial charge in [0.25, 0.3) is 0 Å². The van der Waals surface area contributed by atoms with Crippen molar-refractivity contribution in [2.75, 3.05) is 0 Å². The molecule has 96 valence electrons.